The molecule has 0 fully saturated rings. The molecule has 0 heterocycles. The minimum Gasteiger partial charge on any atom is -0.326 e. The van der Waals surface area contributed by atoms with Gasteiger partial charge < -0.3 is 14.7 Å². The number of benzene rings is 2. The van der Waals surface area contributed by atoms with E-state index in [1.807, 2.05) is 19.1 Å². The predicted octanol–water partition coefficient (Wildman–Crippen LogP) is 5.52. The van der Waals surface area contributed by atoms with Crippen LogP contribution in [-0.2, 0) is 22.1 Å². The van der Waals surface area contributed by atoms with Crippen molar-refractivity contribution in [1.29, 1.82) is 0 Å². The highest BCUT2D eigenvalue weighted by atomic mass is 32.2. The zero-order valence-corrected chi connectivity index (χ0v) is 18.8. The number of unbranched alkanes of at least 4 members (excludes halogenated alkanes) is 2. The molecule has 0 aromatic heterocycles. The van der Waals surface area contributed by atoms with Crippen LogP contribution in [0.15, 0.2) is 47.4 Å². The zero-order valence-electron chi connectivity index (χ0n) is 17.0. The van der Waals surface area contributed by atoms with Crippen LogP contribution in [0.5, 0.6) is 0 Å². The van der Waals surface area contributed by atoms with E-state index in [0.29, 0.717) is 25.1 Å². The highest BCUT2D eigenvalue weighted by Gasteiger charge is 2.08. The number of rotatable bonds is 14. The van der Waals surface area contributed by atoms with Gasteiger partial charge in [-0.05, 0) is 62.1 Å². The average molecular weight is 440 g/mol. The minimum absolute atomic E-state index is 0.189. The molecule has 2 N–H and O–H groups in total. The second-order valence-corrected chi connectivity index (χ2v) is 8.96. The van der Waals surface area contributed by atoms with Gasteiger partial charge in [0, 0.05) is 17.0 Å². The van der Waals surface area contributed by atoms with Gasteiger partial charge in [-0.15, -0.1) is 11.8 Å². The summed E-state index contributed by atoms with van der Waals surface area (Å²) in [5.74, 6) is 0.812. The normalized spacial score (nSPS) is 12.2. The first-order valence-corrected chi connectivity index (χ1v) is 12.3. The van der Waals surface area contributed by atoms with Gasteiger partial charge in [-0.1, -0.05) is 42.8 Å². The van der Waals surface area contributed by atoms with E-state index in [1.54, 1.807) is 17.8 Å². The van der Waals surface area contributed by atoms with Crippen LogP contribution in [0.25, 0.3) is 0 Å². The SMILES string of the molecule is Cc1cc(CNCCCO[PH](=O)O)c(F)cc1SCCCCCc1ccccc1. The fourth-order valence-corrected chi connectivity index (χ4v) is 4.39. The Balaban J connectivity index is 1.65. The molecule has 160 valence electrons. The van der Waals surface area contributed by atoms with E-state index in [2.05, 4.69) is 34.1 Å². The number of nitrogens with one attached hydrogen (secondary N) is 1. The van der Waals surface area contributed by atoms with Crippen molar-refractivity contribution >= 4 is 20.0 Å². The number of thioether (sulfide) groups is 1. The van der Waals surface area contributed by atoms with Gasteiger partial charge in [-0.3, -0.25) is 4.57 Å². The largest absolute Gasteiger partial charge is 0.326 e. The van der Waals surface area contributed by atoms with Crippen LogP contribution in [0.1, 0.15) is 42.4 Å². The van der Waals surface area contributed by atoms with Crippen molar-refractivity contribution in [3.05, 3.63) is 65.0 Å². The van der Waals surface area contributed by atoms with Gasteiger partial charge in [0.15, 0.2) is 0 Å². The van der Waals surface area contributed by atoms with E-state index >= 15 is 0 Å². The zero-order chi connectivity index (χ0) is 20.9. The van der Waals surface area contributed by atoms with Crippen LogP contribution < -0.4 is 5.32 Å². The van der Waals surface area contributed by atoms with Gasteiger partial charge >= 0.3 is 8.25 Å². The monoisotopic (exact) mass is 439 g/mol. The van der Waals surface area contributed by atoms with Gasteiger partial charge in [0.25, 0.3) is 0 Å². The third kappa shape index (κ3) is 9.92. The molecule has 2 rings (SSSR count). The molecular weight excluding hydrogens is 408 g/mol. The maximum atomic E-state index is 14.4. The van der Waals surface area contributed by atoms with Gasteiger partial charge in [0.05, 0.1) is 6.61 Å². The lowest BCUT2D eigenvalue weighted by molar-refractivity contribution is 0.276. The highest BCUT2D eigenvalue weighted by Crippen LogP contribution is 2.26. The maximum absolute atomic E-state index is 14.4. The predicted molar refractivity (Wildman–Crippen MR) is 119 cm³/mol. The number of hydrogen-bond acceptors (Lipinski definition) is 4. The third-order valence-corrected chi connectivity index (χ3v) is 6.29. The van der Waals surface area contributed by atoms with Crippen LogP contribution in [0.2, 0.25) is 0 Å². The van der Waals surface area contributed by atoms with E-state index in [9.17, 15) is 8.96 Å². The summed E-state index contributed by atoms with van der Waals surface area (Å²) in [7, 11) is -2.86. The van der Waals surface area contributed by atoms with Gasteiger partial charge in [-0.25, -0.2) is 4.39 Å². The Labute approximate surface area is 178 Å². The molecule has 0 amide bonds. The molecular formula is C22H31FNO3PS. The highest BCUT2D eigenvalue weighted by molar-refractivity contribution is 7.99. The lowest BCUT2D eigenvalue weighted by Gasteiger charge is -2.11. The van der Waals surface area contributed by atoms with Crippen molar-refractivity contribution in [1.82, 2.24) is 5.32 Å². The van der Waals surface area contributed by atoms with Crippen molar-refractivity contribution in [2.45, 2.75) is 50.5 Å². The van der Waals surface area contributed by atoms with Crippen molar-refractivity contribution in [2.75, 3.05) is 18.9 Å². The van der Waals surface area contributed by atoms with Gasteiger partial charge in [-0.2, -0.15) is 0 Å². The second kappa shape index (κ2) is 13.9. The molecule has 2 aromatic rings. The first-order chi connectivity index (χ1) is 14.1. The molecule has 0 radical (unpaired) electrons. The van der Waals surface area contributed by atoms with E-state index in [1.165, 1.54) is 18.4 Å². The summed E-state index contributed by atoms with van der Waals surface area (Å²) < 4.78 is 29.4. The van der Waals surface area contributed by atoms with Crippen molar-refractivity contribution in [3.63, 3.8) is 0 Å². The molecule has 0 saturated heterocycles. The maximum Gasteiger partial charge on any atom is 0.316 e. The lowest BCUT2D eigenvalue weighted by Crippen LogP contribution is -2.17. The van der Waals surface area contributed by atoms with Crippen molar-refractivity contribution in [3.8, 4) is 0 Å². The Morgan fingerprint density at radius 1 is 1.14 bits per heavy atom. The molecule has 4 nitrogen and oxygen atoms in total. The number of hydrogen-bond donors (Lipinski definition) is 2. The Bertz CT molecular complexity index is 761. The topological polar surface area (TPSA) is 58.6 Å². The van der Waals surface area contributed by atoms with E-state index < -0.39 is 8.25 Å². The Morgan fingerprint density at radius 3 is 2.69 bits per heavy atom. The van der Waals surface area contributed by atoms with Crippen LogP contribution in [0.3, 0.4) is 0 Å². The summed E-state index contributed by atoms with van der Waals surface area (Å²) in [4.78, 5) is 9.59. The summed E-state index contributed by atoms with van der Waals surface area (Å²) in [6.07, 6.45) is 5.22. The molecule has 0 spiro atoms. The van der Waals surface area contributed by atoms with Gasteiger partial charge in [0.1, 0.15) is 5.82 Å². The van der Waals surface area contributed by atoms with E-state index in [4.69, 9.17) is 4.89 Å². The minimum atomic E-state index is -2.86. The van der Waals surface area contributed by atoms with E-state index in [-0.39, 0.29) is 12.4 Å². The van der Waals surface area contributed by atoms with Crippen molar-refractivity contribution in [2.24, 2.45) is 0 Å². The smallest absolute Gasteiger partial charge is 0.316 e. The Morgan fingerprint density at radius 2 is 1.93 bits per heavy atom. The second-order valence-electron chi connectivity index (χ2n) is 7.00. The first-order valence-electron chi connectivity index (χ1n) is 10.1. The van der Waals surface area contributed by atoms with Gasteiger partial charge in [0.2, 0.25) is 0 Å². The summed E-state index contributed by atoms with van der Waals surface area (Å²) in [6.45, 7) is 3.29. The fourth-order valence-electron chi connectivity index (χ4n) is 3.03. The third-order valence-electron chi connectivity index (χ3n) is 4.59. The molecule has 0 bridgehead atoms. The lowest BCUT2D eigenvalue weighted by atomic mass is 10.1. The van der Waals surface area contributed by atoms with E-state index in [0.717, 1.165) is 29.1 Å². The van der Waals surface area contributed by atoms with Crippen LogP contribution in [0, 0.1) is 12.7 Å². The standard InChI is InChI=1S/C22H31FNO3PS/c1-18-15-20(17-24-12-8-13-27-28(25)26)21(23)16-22(18)29-14-7-3-6-11-19-9-4-2-5-10-19/h2,4-5,9-10,15-16,24,28H,3,6-8,11-14,17H2,1H3,(H,25,26). The molecule has 7 heteroatoms. The Hall–Kier alpha value is -1.17. The average Bonchev–Trinajstić information content (AvgIpc) is 2.70. The number of aryl methyl sites for hydroxylation is 2. The summed E-state index contributed by atoms with van der Waals surface area (Å²) in [5.41, 5.74) is 3.13. The molecule has 1 atom stereocenters. The van der Waals surface area contributed by atoms with Crippen LogP contribution in [0.4, 0.5) is 4.39 Å². The summed E-state index contributed by atoms with van der Waals surface area (Å²) in [6, 6.07) is 14.1. The molecule has 29 heavy (non-hydrogen) atoms. The number of halogens is 1. The summed E-state index contributed by atoms with van der Waals surface area (Å²) >= 11 is 1.73. The molecule has 0 aliphatic heterocycles. The molecule has 2 aromatic carbocycles. The molecule has 1 unspecified atom stereocenters. The molecule has 0 aliphatic rings. The van der Waals surface area contributed by atoms with Crippen molar-refractivity contribution < 1.29 is 18.4 Å². The fraction of sp³-hybridized carbons (Fsp3) is 0.455. The molecule has 0 aliphatic carbocycles. The quantitative estimate of drug-likeness (QED) is 0.231. The first kappa shape index (κ1) is 24.1. The van der Waals surface area contributed by atoms with Crippen LogP contribution in [-0.4, -0.2) is 23.8 Å². The van der Waals surface area contributed by atoms with Crippen LogP contribution >= 0.6 is 20.0 Å². The Kier molecular flexibility index (Phi) is 11.6. The summed E-state index contributed by atoms with van der Waals surface area (Å²) in [5, 5.41) is 3.14. The molecule has 0 saturated carbocycles.